The molecule has 1 saturated heterocycles. The molecule has 1 heterocycles. The fourth-order valence-electron chi connectivity index (χ4n) is 1.32. The Morgan fingerprint density at radius 2 is 2.00 bits per heavy atom. The lowest BCUT2D eigenvalue weighted by Crippen LogP contribution is -2.62. The topological polar surface area (TPSA) is 105 Å². The first kappa shape index (κ1) is 10.8. The number of rotatable bonds is 2. The zero-order valence-corrected chi connectivity index (χ0v) is 7.33. The van der Waals surface area contributed by atoms with Gasteiger partial charge in [-0.15, -0.1) is 0 Å². The van der Waals surface area contributed by atoms with Crippen molar-refractivity contribution in [3.8, 4) is 0 Å². The Labute approximate surface area is 75.9 Å². The van der Waals surface area contributed by atoms with Crippen molar-refractivity contribution >= 4 is 0 Å². The maximum Gasteiger partial charge on any atom is 0.175 e. The second kappa shape index (κ2) is 4.32. The van der Waals surface area contributed by atoms with E-state index in [9.17, 15) is 10.2 Å². The van der Waals surface area contributed by atoms with Crippen molar-refractivity contribution in [2.45, 2.75) is 30.6 Å². The minimum Gasteiger partial charge on any atom is -0.394 e. The van der Waals surface area contributed by atoms with E-state index in [4.69, 9.17) is 20.3 Å². The molecule has 1 fully saturated rings. The molecule has 6 heteroatoms. The van der Waals surface area contributed by atoms with Crippen LogP contribution in [0.1, 0.15) is 0 Å². The minimum absolute atomic E-state index is 0.384. The van der Waals surface area contributed by atoms with Crippen LogP contribution in [0.3, 0.4) is 0 Å². The molecule has 1 rings (SSSR count). The second-order valence-electron chi connectivity index (χ2n) is 3.02. The molecule has 0 aromatic heterocycles. The average Bonchev–Trinajstić information content (AvgIpc) is 2.15. The van der Waals surface area contributed by atoms with Gasteiger partial charge in [0.1, 0.15) is 18.3 Å². The quantitative estimate of drug-likeness (QED) is 0.383. The third-order valence-corrected chi connectivity index (χ3v) is 2.16. The predicted octanol–water partition coefficient (Wildman–Crippen LogP) is -2.60. The Bertz CT molecular complexity index is 147. The Morgan fingerprint density at radius 1 is 1.38 bits per heavy atom. The zero-order chi connectivity index (χ0) is 10.0. The highest BCUT2D eigenvalue weighted by Gasteiger charge is 2.42. The molecule has 1 aliphatic heterocycles. The molecule has 6 nitrogen and oxygen atoms in total. The van der Waals surface area contributed by atoms with E-state index >= 15 is 0 Å². The molecule has 0 radical (unpaired) electrons. The second-order valence-corrected chi connectivity index (χ2v) is 3.02. The first-order chi connectivity index (χ1) is 6.11. The Morgan fingerprint density at radius 3 is 2.46 bits per heavy atom. The standard InChI is InChI=1S/C7H15NO5/c1-12-7-4(8)6(11)5(10)3(2-9)13-7/h3-7,9-11H,2,8H2,1H3/t3?,4?,5?,6-,7?/m1/s1. The van der Waals surface area contributed by atoms with Crippen molar-refractivity contribution in [3.05, 3.63) is 0 Å². The molecule has 1 aliphatic rings. The molecule has 78 valence electrons. The van der Waals surface area contributed by atoms with Crippen molar-refractivity contribution in [2.75, 3.05) is 13.7 Å². The van der Waals surface area contributed by atoms with Crippen molar-refractivity contribution in [3.63, 3.8) is 0 Å². The summed E-state index contributed by atoms with van der Waals surface area (Å²) in [6, 6.07) is -0.803. The number of hydrogen-bond donors (Lipinski definition) is 4. The fraction of sp³-hybridized carbons (Fsp3) is 1.00. The van der Waals surface area contributed by atoms with Crippen molar-refractivity contribution in [2.24, 2.45) is 5.73 Å². The largest absolute Gasteiger partial charge is 0.394 e. The van der Waals surface area contributed by atoms with Crippen LogP contribution < -0.4 is 5.73 Å². The lowest BCUT2D eigenvalue weighted by atomic mass is 9.98. The number of aliphatic hydroxyl groups is 3. The van der Waals surface area contributed by atoms with E-state index in [2.05, 4.69) is 0 Å². The minimum atomic E-state index is -1.17. The number of hydrogen-bond acceptors (Lipinski definition) is 6. The van der Waals surface area contributed by atoms with Gasteiger partial charge in [-0.2, -0.15) is 0 Å². The van der Waals surface area contributed by atoms with Gasteiger partial charge in [0.05, 0.1) is 12.6 Å². The molecule has 0 aromatic rings. The molecular formula is C7H15NO5. The highest BCUT2D eigenvalue weighted by Crippen LogP contribution is 2.19. The van der Waals surface area contributed by atoms with Crippen LogP contribution in [0, 0.1) is 0 Å². The normalized spacial score (nSPS) is 46.4. The molecule has 5 atom stereocenters. The first-order valence-corrected chi connectivity index (χ1v) is 4.02. The molecular weight excluding hydrogens is 178 g/mol. The van der Waals surface area contributed by atoms with Gasteiger partial charge in [-0.1, -0.05) is 0 Å². The molecule has 4 unspecified atom stereocenters. The van der Waals surface area contributed by atoms with Crippen molar-refractivity contribution in [1.29, 1.82) is 0 Å². The van der Waals surface area contributed by atoms with Gasteiger partial charge in [-0.05, 0) is 0 Å². The number of ether oxygens (including phenoxy) is 2. The highest BCUT2D eigenvalue weighted by molar-refractivity contribution is 4.91. The molecule has 0 aliphatic carbocycles. The summed E-state index contributed by atoms with van der Waals surface area (Å²) in [4.78, 5) is 0. The van der Waals surface area contributed by atoms with Gasteiger partial charge < -0.3 is 30.5 Å². The van der Waals surface area contributed by atoms with Crippen LogP contribution >= 0.6 is 0 Å². The fourth-order valence-corrected chi connectivity index (χ4v) is 1.32. The smallest absolute Gasteiger partial charge is 0.175 e. The van der Waals surface area contributed by atoms with E-state index in [1.165, 1.54) is 7.11 Å². The number of aliphatic hydroxyl groups excluding tert-OH is 3. The summed E-state index contributed by atoms with van der Waals surface area (Å²) in [5.41, 5.74) is 5.50. The average molecular weight is 193 g/mol. The van der Waals surface area contributed by atoms with Crippen LogP contribution in [0.4, 0.5) is 0 Å². The van der Waals surface area contributed by atoms with Gasteiger partial charge in [0.25, 0.3) is 0 Å². The predicted molar refractivity (Wildman–Crippen MR) is 42.7 cm³/mol. The SMILES string of the molecule is COC1OC(CO)C(O)[C@H](O)C1N. The number of nitrogens with two attached hydrogens (primary N) is 1. The first-order valence-electron chi connectivity index (χ1n) is 4.02. The van der Waals surface area contributed by atoms with Gasteiger partial charge in [-0.25, -0.2) is 0 Å². The highest BCUT2D eigenvalue weighted by atomic mass is 16.7. The third-order valence-electron chi connectivity index (χ3n) is 2.16. The Balaban J connectivity index is 2.66. The summed E-state index contributed by atoms with van der Waals surface area (Å²) in [6.07, 6.45) is -3.96. The van der Waals surface area contributed by atoms with Crippen LogP contribution in [0.2, 0.25) is 0 Å². The molecule has 0 amide bonds. The molecule has 13 heavy (non-hydrogen) atoms. The van der Waals surface area contributed by atoms with Gasteiger partial charge in [0.15, 0.2) is 6.29 Å². The van der Waals surface area contributed by atoms with Gasteiger partial charge in [0.2, 0.25) is 0 Å². The third kappa shape index (κ3) is 1.98. The molecule has 0 aromatic carbocycles. The summed E-state index contributed by atoms with van der Waals surface area (Å²) < 4.78 is 9.90. The molecule has 5 N–H and O–H groups in total. The molecule has 0 saturated carbocycles. The Kier molecular flexibility index (Phi) is 3.60. The van der Waals surface area contributed by atoms with Crippen molar-refractivity contribution in [1.82, 2.24) is 0 Å². The van der Waals surface area contributed by atoms with Crippen LogP contribution in [0.15, 0.2) is 0 Å². The van der Waals surface area contributed by atoms with E-state index < -0.39 is 30.6 Å². The maximum atomic E-state index is 9.40. The van der Waals surface area contributed by atoms with Crippen molar-refractivity contribution < 1.29 is 24.8 Å². The summed E-state index contributed by atoms with van der Waals surface area (Å²) in [5.74, 6) is 0. The summed E-state index contributed by atoms with van der Waals surface area (Å²) in [6.45, 7) is -0.384. The van der Waals surface area contributed by atoms with E-state index in [0.717, 1.165) is 0 Å². The van der Waals surface area contributed by atoms with Crippen LogP contribution in [0.25, 0.3) is 0 Å². The summed E-state index contributed by atoms with van der Waals surface area (Å²) in [5, 5.41) is 27.5. The zero-order valence-electron chi connectivity index (χ0n) is 7.33. The van der Waals surface area contributed by atoms with E-state index in [0.29, 0.717) is 0 Å². The van der Waals surface area contributed by atoms with Crippen LogP contribution in [-0.2, 0) is 9.47 Å². The Hall–Kier alpha value is -0.240. The molecule has 0 spiro atoms. The van der Waals surface area contributed by atoms with Gasteiger partial charge >= 0.3 is 0 Å². The summed E-state index contributed by atoms with van der Waals surface area (Å²) >= 11 is 0. The maximum absolute atomic E-state index is 9.40. The van der Waals surface area contributed by atoms with Gasteiger partial charge in [-0.3, -0.25) is 0 Å². The lowest BCUT2D eigenvalue weighted by Gasteiger charge is -2.39. The van der Waals surface area contributed by atoms with E-state index in [-0.39, 0.29) is 6.61 Å². The van der Waals surface area contributed by atoms with Crippen LogP contribution in [-0.4, -0.2) is 59.7 Å². The lowest BCUT2D eigenvalue weighted by molar-refractivity contribution is -0.257. The number of methoxy groups -OCH3 is 1. The van der Waals surface area contributed by atoms with Crippen LogP contribution in [0.5, 0.6) is 0 Å². The monoisotopic (exact) mass is 193 g/mol. The van der Waals surface area contributed by atoms with Gasteiger partial charge in [0, 0.05) is 7.11 Å². The van der Waals surface area contributed by atoms with E-state index in [1.807, 2.05) is 0 Å². The molecule has 0 bridgehead atoms. The van der Waals surface area contributed by atoms with E-state index in [1.54, 1.807) is 0 Å². The summed E-state index contributed by atoms with van der Waals surface area (Å²) in [7, 11) is 1.38.